The van der Waals surface area contributed by atoms with E-state index in [1.165, 1.54) is 18.8 Å². The van der Waals surface area contributed by atoms with Gasteiger partial charge in [-0.1, -0.05) is 17.3 Å². The number of hydrogen-bond acceptors (Lipinski definition) is 5. The molecule has 0 N–H and O–H groups in total. The van der Waals surface area contributed by atoms with Crippen molar-refractivity contribution in [3.05, 3.63) is 66.0 Å². The minimum Gasteiger partial charge on any atom is -0.472 e. The summed E-state index contributed by atoms with van der Waals surface area (Å²) in [5, 5.41) is 3.02. The second kappa shape index (κ2) is 7.73. The number of alkyl halides is 4. The van der Waals surface area contributed by atoms with Gasteiger partial charge in [-0.2, -0.15) is 13.2 Å². The lowest BCUT2D eigenvalue weighted by atomic mass is 9.93. The Hall–Kier alpha value is -3.07. The largest absolute Gasteiger partial charge is 0.472 e. The number of rotatable bonds is 3. The molecular weight excluding hydrogens is 471 g/mol. The molecule has 1 saturated carbocycles. The van der Waals surface area contributed by atoms with Crippen LogP contribution in [-0.4, -0.2) is 52.4 Å². The quantitative estimate of drug-likeness (QED) is 0.583. The molecule has 5 unspecified atom stereocenters. The fourth-order valence-corrected chi connectivity index (χ4v) is 5.80. The van der Waals surface area contributed by atoms with Crippen molar-refractivity contribution >= 4 is 34.4 Å². The SMILES string of the molecule is O=C(C1N=C2C(C(F)(F)F)=CC(c3ccoc3)=CC3C2C3C1Cl)N1CC=C(c2cnoc2)CC1. The highest BCUT2D eigenvalue weighted by molar-refractivity contribution is 6.25. The molecule has 2 aliphatic carbocycles. The van der Waals surface area contributed by atoms with Crippen LogP contribution in [0.5, 0.6) is 0 Å². The van der Waals surface area contributed by atoms with Crippen molar-refractivity contribution in [2.45, 2.75) is 24.0 Å². The third kappa shape index (κ3) is 3.45. The number of aromatic nitrogens is 1. The number of halogens is 4. The number of carbonyl (C=O) groups excluding carboxylic acids is 1. The minimum absolute atomic E-state index is 0.0646. The van der Waals surface area contributed by atoms with Crippen molar-refractivity contribution in [2.24, 2.45) is 22.7 Å². The maximum atomic E-state index is 14.1. The first kappa shape index (κ1) is 21.5. The Morgan fingerprint density at radius 3 is 2.74 bits per heavy atom. The van der Waals surface area contributed by atoms with Crippen LogP contribution in [0.2, 0.25) is 0 Å². The fourth-order valence-electron chi connectivity index (χ4n) is 5.31. The van der Waals surface area contributed by atoms with Gasteiger partial charge in [-0.3, -0.25) is 9.79 Å². The molecule has 4 aliphatic rings. The van der Waals surface area contributed by atoms with E-state index in [1.807, 2.05) is 12.2 Å². The Bertz CT molecular complexity index is 1240. The van der Waals surface area contributed by atoms with Gasteiger partial charge in [0.05, 0.1) is 35.4 Å². The van der Waals surface area contributed by atoms with Gasteiger partial charge >= 0.3 is 6.18 Å². The van der Waals surface area contributed by atoms with Crippen LogP contribution in [0.15, 0.2) is 68.8 Å². The van der Waals surface area contributed by atoms with E-state index in [0.29, 0.717) is 30.6 Å². The number of carbonyl (C=O) groups is 1. The summed E-state index contributed by atoms with van der Waals surface area (Å²) >= 11 is 6.71. The normalized spacial score (nSPS) is 30.5. The highest BCUT2D eigenvalue weighted by Gasteiger charge is 2.63. The molecule has 1 fully saturated rings. The molecule has 0 saturated heterocycles. The van der Waals surface area contributed by atoms with Crippen LogP contribution in [-0.2, 0) is 4.79 Å². The van der Waals surface area contributed by atoms with Crippen LogP contribution in [0.3, 0.4) is 0 Å². The Labute approximate surface area is 197 Å². The van der Waals surface area contributed by atoms with E-state index in [4.69, 9.17) is 20.5 Å². The Balaban J connectivity index is 1.31. The summed E-state index contributed by atoms with van der Waals surface area (Å²) < 4.78 is 52.3. The van der Waals surface area contributed by atoms with E-state index in [-0.39, 0.29) is 23.5 Å². The average molecular weight is 490 g/mol. The van der Waals surface area contributed by atoms with E-state index in [9.17, 15) is 18.0 Å². The number of nitrogens with zero attached hydrogens (tertiary/aromatic N) is 3. The summed E-state index contributed by atoms with van der Waals surface area (Å²) in [6.45, 7) is 0.749. The van der Waals surface area contributed by atoms with E-state index in [2.05, 4.69) is 10.1 Å². The number of furan rings is 1. The number of amides is 1. The molecule has 0 aromatic carbocycles. The van der Waals surface area contributed by atoms with E-state index in [1.54, 1.807) is 17.2 Å². The molecule has 1 amide bonds. The van der Waals surface area contributed by atoms with Crippen molar-refractivity contribution in [1.82, 2.24) is 10.1 Å². The highest BCUT2D eigenvalue weighted by Crippen LogP contribution is 2.60. The summed E-state index contributed by atoms with van der Waals surface area (Å²) in [6, 6.07) is 0.571. The molecule has 2 aromatic rings. The van der Waals surface area contributed by atoms with Gasteiger partial charge in [-0.15, -0.1) is 11.6 Å². The fraction of sp³-hybridized carbons (Fsp3) is 0.375. The smallest absolute Gasteiger partial charge is 0.418 e. The Morgan fingerprint density at radius 2 is 2.09 bits per heavy atom. The van der Waals surface area contributed by atoms with Gasteiger partial charge in [-0.05, 0) is 41.5 Å². The standard InChI is InChI=1S/C24H19ClF3N3O3/c25-20-18-16-7-14(13-3-6-33-10-13)8-17(24(26,27)28)21(19(16)18)30-22(20)23(32)31-4-1-12(2-5-31)15-9-29-34-11-15/h1,3,6-11,16,18-20,22H,2,4-5H2. The van der Waals surface area contributed by atoms with E-state index < -0.39 is 29.1 Å². The predicted octanol–water partition coefficient (Wildman–Crippen LogP) is 4.76. The molecule has 6 nitrogen and oxygen atoms in total. The second-order valence-electron chi connectivity index (χ2n) is 8.95. The van der Waals surface area contributed by atoms with Gasteiger partial charge in [0.15, 0.2) is 0 Å². The van der Waals surface area contributed by atoms with E-state index >= 15 is 0 Å². The van der Waals surface area contributed by atoms with Crippen LogP contribution < -0.4 is 0 Å². The van der Waals surface area contributed by atoms with Crippen LogP contribution in [0, 0.1) is 17.8 Å². The van der Waals surface area contributed by atoms with E-state index in [0.717, 1.165) is 17.2 Å². The molecule has 0 spiro atoms. The first-order valence-corrected chi connectivity index (χ1v) is 11.4. The molecule has 4 heterocycles. The molecule has 5 atom stereocenters. The highest BCUT2D eigenvalue weighted by atomic mass is 35.5. The molecule has 2 aromatic heterocycles. The topological polar surface area (TPSA) is 71.8 Å². The van der Waals surface area contributed by atoms with Crippen molar-refractivity contribution in [3.63, 3.8) is 0 Å². The second-order valence-corrected chi connectivity index (χ2v) is 9.45. The van der Waals surface area contributed by atoms with Gasteiger partial charge in [0.1, 0.15) is 12.3 Å². The monoisotopic (exact) mass is 489 g/mol. The third-order valence-electron chi connectivity index (χ3n) is 7.08. The van der Waals surface area contributed by atoms with Gasteiger partial charge in [0, 0.05) is 30.1 Å². The number of hydrogen-bond donors (Lipinski definition) is 0. The molecule has 0 bridgehead atoms. The predicted molar refractivity (Wildman–Crippen MR) is 118 cm³/mol. The summed E-state index contributed by atoms with van der Waals surface area (Å²) in [5.74, 6) is -1.26. The maximum absolute atomic E-state index is 14.1. The molecule has 10 heteroatoms. The van der Waals surface area contributed by atoms with Gasteiger partial charge in [0.25, 0.3) is 0 Å². The third-order valence-corrected chi connectivity index (χ3v) is 7.61. The lowest BCUT2D eigenvalue weighted by Gasteiger charge is -2.32. The maximum Gasteiger partial charge on any atom is 0.418 e. The number of fused-ring (bicyclic) bond motifs is 1. The summed E-state index contributed by atoms with van der Waals surface area (Å²) in [7, 11) is 0. The van der Waals surface area contributed by atoms with Gasteiger partial charge < -0.3 is 13.8 Å². The lowest BCUT2D eigenvalue weighted by molar-refractivity contribution is -0.132. The average Bonchev–Trinajstić information content (AvgIpc) is 3.17. The number of aliphatic imine (C=N–C) groups is 1. The molecule has 0 radical (unpaired) electrons. The van der Waals surface area contributed by atoms with Crippen LogP contribution in [0.1, 0.15) is 17.5 Å². The van der Waals surface area contributed by atoms with Crippen molar-refractivity contribution in [1.29, 1.82) is 0 Å². The zero-order chi connectivity index (χ0) is 23.6. The zero-order valence-electron chi connectivity index (χ0n) is 17.7. The molecule has 176 valence electrons. The summed E-state index contributed by atoms with van der Waals surface area (Å²) in [5.41, 5.74) is 1.98. The van der Waals surface area contributed by atoms with Crippen molar-refractivity contribution in [2.75, 3.05) is 13.1 Å². The molecule has 6 rings (SSSR count). The molecule has 34 heavy (non-hydrogen) atoms. The lowest BCUT2D eigenvalue weighted by Crippen LogP contribution is -2.47. The van der Waals surface area contributed by atoms with Crippen molar-refractivity contribution < 1.29 is 26.9 Å². The van der Waals surface area contributed by atoms with Crippen LogP contribution in [0.4, 0.5) is 13.2 Å². The molecule has 2 aliphatic heterocycles. The summed E-state index contributed by atoms with van der Waals surface area (Å²) in [6.07, 6.45) is 6.78. The van der Waals surface area contributed by atoms with Gasteiger partial charge in [-0.25, -0.2) is 0 Å². The zero-order valence-corrected chi connectivity index (χ0v) is 18.5. The first-order valence-electron chi connectivity index (χ1n) is 11.0. The number of allylic oxidation sites excluding steroid dienone is 4. The molecular formula is C24H19ClF3N3O3. The summed E-state index contributed by atoms with van der Waals surface area (Å²) in [4.78, 5) is 19.3. The van der Waals surface area contributed by atoms with Gasteiger partial charge in [0.2, 0.25) is 5.91 Å². The van der Waals surface area contributed by atoms with Crippen LogP contribution in [0.25, 0.3) is 11.1 Å². The Kier molecular flexibility index (Phi) is 4.88. The van der Waals surface area contributed by atoms with Crippen LogP contribution >= 0.6 is 11.6 Å². The first-order chi connectivity index (χ1) is 16.3. The Morgan fingerprint density at radius 1 is 1.24 bits per heavy atom. The minimum atomic E-state index is -4.61. The van der Waals surface area contributed by atoms with Crippen molar-refractivity contribution in [3.8, 4) is 0 Å².